The Bertz CT molecular complexity index is 216. The third-order valence-electron chi connectivity index (χ3n) is 3.44. The predicted molar refractivity (Wildman–Crippen MR) is 62.5 cm³/mol. The lowest BCUT2D eigenvalue weighted by Crippen LogP contribution is -2.39. The van der Waals surface area contributed by atoms with Gasteiger partial charge in [-0.3, -0.25) is 4.79 Å². The first-order chi connectivity index (χ1) is 7.06. The van der Waals surface area contributed by atoms with E-state index in [1.54, 1.807) is 0 Å². The largest absolute Gasteiger partial charge is 0.341 e. The number of hydrogen-bond donors (Lipinski definition) is 1. The SMILES string of the molecule is CCN(C(=O)C[C@@H]1CCC[C@H]1N)C(C)C. The van der Waals surface area contributed by atoms with Crippen LogP contribution >= 0.6 is 0 Å². The monoisotopic (exact) mass is 212 g/mol. The quantitative estimate of drug-likeness (QED) is 0.772. The second-order valence-electron chi connectivity index (χ2n) is 4.83. The number of rotatable bonds is 4. The smallest absolute Gasteiger partial charge is 0.223 e. The molecule has 0 radical (unpaired) electrons. The number of nitrogens with two attached hydrogens (primary N) is 1. The van der Waals surface area contributed by atoms with Gasteiger partial charge in [0.15, 0.2) is 0 Å². The fraction of sp³-hybridized carbons (Fsp3) is 0.917. The maximum atomic E-state index is 12.0. The van der Waals surface area contributed by atoms with Gasteiger partial charge in [-0.05, 0) is 39.5 Å². The minimum absolute atomic E-state index is 0.250. The van der Waals surface area contributed by atoms with Gasteiger partial charge in [-0.1, -0.05) is 6.42 Å². The van der Waals surface area contributed by atoms with Gasteiger partial charge in [0.05, 0.1) is 0 Å². The number of carbonyl (C=O) groups excluding carboxylic acids is 1. The fourth-order valence-electron chi connectivity index (χ4n) is 2.49. The van der Waals surface area contributed by atoms with E-state index in [2.05, 4.69) is 13.8 Å². The molecule has 3 nitrogen and oxygen atoms in total. The summed E-state index contributed by atoms with van der Waals surface area (Å²) in [6, 6.07) is 0.556. The van der Waals surface area contributed by atoms with Crippen molar-refractivity contribution in [3.05, 3.63) is 0 Å². The minimum Gasteiger partial charge on any atom is -0.341 e. The summed E-state index contributed by atoms with van der Waals surface area (Å²) in [5.74, 6) is 0.695. The molecule has 3 heteroatoms. The van der Waals surface area contributed by atoms with Crippen LogP contribution in [0.2, 0.25) is 0 Å². The molecule has 1 rings (SSSR count). The second-order valence-corrected chi connectivity index (χ2v) is 4.83. The summed E-state index contributed by atoms with van der Waals surface area (Å²) in [4.78, 5) is 13.9. The summed E-state index contributed by atoms with van der Waals surface area (Å²) in [6.07, 6.45) is 4.05. The molecule has 0 saturated heterocycles. The molecule has 0 heterocycles. The highest BCUT2D eigenvalue weighted by molar-refractivity contribution is 5.76. The van der Waals surface area contributed by atoms with Crippen molar-refractivity contribution in [1.82, 2.24) is 4.90 Å². The van der Waals surface area contributed by atoms with Gasteiger partial charge >= 0.3 is 0 Å². The first-order valence-corrected chi connectivity index (χ1v) is 6.11. The highest BCUT2D eigenvalue weighted by Crippen LogP contribution is 2.27. The van der Waals surface area contributed by atoms with Crippen molar-refractivity contribution in [2.75, 3.05) is 6.54 Å². The molecule has 1 amide bonds. The van der Waals surface area contributed by atoms with Crippen LogP contribution in [0.3, 0.4) is 0 Å². The van der Waals surface area contributed by atoms with E-state index in [1.807, 2.05) is 11.8 Å². The minimum atomic E-state index is 0.250. The zero-order valence-electron chi connectivity index (χ0n) is 10.2. The molecule has 0 bridgehead atoms. The molecule has 2 atom stereocenters. The van der Waals surface area contributed by atoms with Crippen molar-refractivity contribution in [3.8, 4) is 0 Å². The predicted octanol–water partition coefficient (Wildman–Crippen LogP) is 1.76. The van der Waals surface area contributed by atoms with Crippen molar-refractivity contribution in [1.29, 1.82) is 0 Å². The number of carbonyl (C=O) groups is 1. The van der Waals surface area contributed by atoms with Gasteiger partial charge in [0.2, 0.25) is 5.91 Å². The molecule has 0 aromatic rings. The molecule has 2 N–H and O–H groups in total. The lowest BCUT2D eigenvalue weighted by Gasteiger charge is -2.27. The van der Waals surface area contributed by atoms with E-state index in [0.717, 1.165) is 19.4 Å². The Kier molecular flexibility index (Phi) is 4.58. The van der Waals surface area contributed by atoms with Gasteiger partial charge in [-0.25, -0.2) is 0 Å². The van der Waals surface area contributed by atoms with Crippen molar-refractivity contribution < 1.29 is 4.79 Å². The van der Waals surface area contributed by atoms with E-state index in [4.69, 9.17) is 5.73 Å². The molecule has 1 fully saturated rings. The van der Waals surface area contributed by atoms with Gasteiger partial charge in [0.25, 0.3) is 0 Å². The molecular formula is C12H24N2O. The van der Waals surface area contributed by atoms with Crippen LogP contribution in [0.1, 0.15) is 46.5 Å². The van der Waals surface area contributed by atoms with E-state index >= 15 is 0 Å². The first kappa shape index (κ1) is 12.5. The Morgan fingerprint density at radius 1 is 1.47 bits per heavy atom. The molecule has 0 aromatic carbocycles. The normalized spacial score (nSPS) is 25.9. The summed E-state index contributed by atoms with van der Waals surface area (Å²) in [6.45, 7) is 6.97. The maximum absolute atomic E-state index is 12.0. The molecule has 1 saturated carbocycles. The van der Waals surface area contributed by atoms with Crippen LogP contribution in [0.15, 0.2) is 0 Å². The third-order valence-corrected chi connectivity index (χ3v) is 3.44. The average Bonchev–Trinajstić information content (AvgIpc) is 2.52. The Labute approximate surface area is 93.0 Å². The number of hydrogen-bond acceptors (Lipinski definition) is 2. The topological polar surface area (TPSA) is 46.3 Å². The van der Waals surface area contributed by atoms with Gasteiger partial charge < -0.3 is 10.6 Å². The summed E-state index contributed by atoms with van der Waals surface area (Å²) in [7, 11) is 0. The Morgan fingerprint density at radius 2 is 2.13 bits per heavy atom. The van der Waals surface area contributed by atoms with Crippen molar-refractivity contribution in [2.45, 2.75) is 58.5 Å². The molecule has 0 unspecified atom stereocenters. The highest BCUT2D eigenvalue weighted by atomic mass is 16.2. The van der Waals surface area contributed by atoms with Crippen LogP contribution in [0, 0.1) is 5.92 Å². The Morgan fingerprint density at radius 3 is 2.53 bits per heavy atom. The lowest BCUT2D eigenvalue weighted by atomic mass is 9.99. The maximum Gasteiger partial charge on any atom is 0.223 e. The second kappa shape index (κ2) is 5.50. The lowest BCUT2D eigenvalue weighted by molar-refractivity contribution is -0.133. The van der Waals surface area contributed by atoms with Crippen LogP contribution < -0.4 is 5.73 Å². The Hall–Kier alpha value is -0.570. The molecule has 0 spiro atoms. The van der Waals surface area contributed by atoms with E-state index in [9.17, 15) is 4.79 Å². The van der Waals surface area contributed by atoms with E-state index in [0.29, 0.717) is 18.4 Å². The highest BCUT2D eigenvalue weighted by Gasteiger charge is 2.28. The van der Waals surface area contributed by atoms with Gasteiger partial charge in [-0.2, -0.15) is 0 Å². The van der Waals surface area contributed by atoms with Crippen molar-refractivity contribution in [2.24, 2.45) is 11.7 Å². The molecule has 15 heavy (non-hydrogen) atoms. The van der Waals surface area contributed by atoms with Crippen LogP contribution in [-0.4, -0.2) is 29.4 Å². The molecule has 0 aliphatic heterocycles. The van der Waals surface area contributed by atoms with Crippen molar-refractivity contribution in [3.63, 3.8) is 0 Å². The van der Waals surface area contributed by atoms with Gasteiger partial charge in [-0.15, -0.1) is 0 Å². The van der Waals surface area contributed by atoms with E-state index in [-0.39, 0.29) is 11.9 Å². The average molecular weight is 212 g/mol. The van der Waals surface area contributed by atoms with Gasteiger partial charge in [0, 0.05) is 25.0 Å². The standard InChI is InChI=1S/C12H24N2O/c1-4-14(9(2)3)12(15)8-10-6-5-7-11(10)13/h9-11H,4-8,13H2,1-3H3/t10-,11+/m0/s1. The summed E-state index contributed by atoms with van der Waals surface area (Å²) in [5, 5.41) is 0. The van der Waals surface area contributed by atoms with Crippen LogP contribution in [0.5, 0.6) is 0 Å². The molecule has 1 aliphatic rings. The summed E-state index contributed by atoms with van der Waals surface area (Å²) >= 11 is 0. The van der Waals surface area contributed by atoms with Crippen LogP contribution in [0.25, 0.3) is 0 Å². The first-order valence-electron chi connectivity index (χ1n) is 6.11. The zero-order chi connectivity index (χ0) is 11.4. The number of amides is 1. The number of nitrogens with zero attached hydrogens (tertiary/aromatic N) is 1. The molecule has 0 aromatic heterocycles. The van der Waals surface area contributed by atoms with E-state index < -0.39 is 0 Å². The van der Waals surface area contributed by atoms with Crippen LogP contribution in [0.4, 0.5) is 0 Å². The van der Waals surface area contributed by atoms with Gasteiger partial charge in [0.1, 0.15) is 0 Å². The Balaban J connectivity index is 2.46. The molecule has 88 valence electrons. The summed E-state index contributed by atoms with van der Waals surface area (Å²) in [5.41, 5.74) is 5.97. The third kappa shape index (κ3) is 3.20. The van der Waals surface area contributed by atoms with Crippen molar-refractivity contribution >= 4 is 5.91 Å². The fourth-order valence-corrected chi connectivity index (χ4v) is 2.49. The van der Waals surface area contributed by atoms with E-state index in [1.165, 1.54) is 6.42 Å². The summed E-state index contributed by atoms with van der Waals surface area (Å²) < 4.78 is 0. The molecule has 1 aliphatic carbocycles. The zero-order valence-corrected chi connectivity index (χ0v) is 10.2. The molecular weight excluding hydrogens is 188 g/mol. The van der Waals surface area contributed by atoms with Crippen LogP contribution in [-0.2, 0) is 4.79 Å².